The van der Waals surface area contributed by atoms with Gasteiger partial charge in [-0.2, -0.15) is 0 Å². The number of pyridine rings is 1. The Balaban J connectivity index is 1.59. The number of imidazole rings is 1. The minimum atomic E-state index is -1.00. The molecule has 4 heterocycles. The first kappa shape index (κ1) is 28.2. The van der Waals surface area contributed by atoms with Crippen molar-refractivity contribution in [3.8, 4) is 11.5 Å². The van der Waals surface area contributed by atoms with Gasteiger partial charge in [-0.3, -0.25) is 14.5 Å². The molecule has 0 saturated carbocycles. The normalized spacial score (nSPS) is 16.4. The monoisotopic (exact) mass is 594 g/mol. The second-order valence-corrected chi connectivity index (χ2v) is 11.3. The number of hydrogen-bond donors (Lipinski definition) is 1. The molecule has 10 heteroatoms. The molecule has 218 valence electrons. The van der Waals surface area contributed by atoms with E-state index in [9.17, 15) is 14.7 Å². The van der Waals surface area contributed by atoms with Gasteiger partial charge in [-0.05, 0) is 74.7 Å². The van der Waals surface area contributed by atoms with Crippen molar-refractivity contribution < 1.29 is 24.2 Å². The second-order valence-electron chi connectivity index (χ2n) is 10.3. The van der Waals surface area contributed by atoms with Gasteiger partial charge >= 0.3 is 5.91 Å². The van der Waals surface area contributed by atoms with Crippen LogP contribution in [-0.2, 0) is 9.59 Å². The maximum Gasteiger partial charge on any atom is 0.301 e. The Bertz CT molecular complexity index is 1970. The number of thiazole rings is 1. The van der Waals surface area contributed by atoms with Crippen LogP contribution in [0.4, 0.5) is 5.13 Å². The number of Topliss-reactive ketones (excluding diaryl/α,β-unsaturated/α-hetero) is 1. The van der Waals surface area contributed by atoms with E-state index in [-0.39, 0.29) is 23.6 Å². The maximum atomic E-state index is 13.8. The third kappa shape index (κ3) is 4.73. The Morgan fingerprint density at radius 2 is 1.88 bits per heavy atom. The number of aromatic nitrogens is 3. The number of anilines is 1. The van der Waals surface area contributed by atoms with E-state index in [2.05, 4.69) is 11.6 Å². The van der Waals surface area contributed by atoms with Crippen molar-refractivity contribution in [2.45, 2.75) is 33.7 Å². The van der Waals surface area contributed by atoms with Crippen molar-refractivity contribution >= 4 is 49.8 Å². The molecule has 0 bridgehead atoms. The van der Waals surface area contributed by atoms with Gasteiger partial charge in [0, 0.05) is 6.20 Å². The van der Waals surface area contributed by atoms with Crippen molar-refractivity contribution in [2.75, 3.05) is 18.1 Å². The number of aliphatic hydroxyl groups is 1. The minimum absolute atomic E-state index is 0.0770. The third-order valence-electron chi connectivity index (χ3n) is 7.43. The molecule has 6 rings (SSSR count). The van der Waals surface area contributed by atoms with Crippen LogP contribution in [0.1, 0.15) is 41.0 Å². The van der Waals surface area contributed by atoms with Gasteiger partial charge in [-0.1, -0.05) is 42.2 Å². The molecular formula is C33H30N4O5S. The molecule has 2 aromatic carbocycles. The van der Waals surface area contributed by atoms with Crippen LogP contribution in [0, 0.1) is 20.8 Å². The molecule has 9 nitrogen and oxygen atoms in total. The minimum Gasteiger partial charge on any atom is -0.505 e. The van der Waals surface area contributed by atoms with Gasteiger partial charge < -0.3 is 19.0 Å². The number of hydrogen-bond acceptors (Lipinski definition) is 8. The maximum absolute atomic E-state index is 13.8. The predicted octanol–water partition coefficient (Wildman–Crippen LogP) is 6.46. The largest absolute Gasteiger partial charge is 0.505 e. The summed E-state index contributed by atoms with van der Waals surface area (Å²) in [5.41, 5.74) is 4.65. The fourth-order valence-corrected chi connectivity index (χ4v) is 6.46. The Morgan fingerprint density at radius 3 is 2.63 bits per heavy atom. The first-order chi connectivity index (χ1) is 20.7. The molecular weight excluding hydrogens is 564 g/mol. The molecule has 3 aromatic heterocycles. The van der Waals surface area contributed by atoms with E-state index in [1.54, 1.807) is 24.3 Å². The number of amides is 1. The average Bonchev–Trinajstić information content (AvgIpc) is 3.64. The quantitative estimate of drug-likeness (QED) is 0.0951. The summed E-state index contributed by atoms with van der Waals surface area (Å²) in [6, 6.07) is 13.9. The van der Waals surface area contributed by atoms with Crippen LogP contribution >= 0.6 is 11.3 Å². The lowest BCUT2D eigenvalue weighted by molar-refractivity contribution is -0.132. The Morgan fingerprint density at radius 1 is 1.07 bits per heavy atom. The van der Waals surface area contributed by atoms with Crippen LogP contribution in [0.25, 0.3) is 21.6 Å². The van der Waals surface area contributed by atoms with E-state index >= 15 is 0 Å². The molecule has 1 saturated heterocycles. The zero-order valence-corrected chi connectivity index (χ0v) is 25.1. The van der Waals surface area contributed by atoms with E-state index in [0.717, 1.165) is 15.8 Å². The second kappa shape index (κ2) is 11.0. The Kier molecular flexibility index (Phi) is 7.23. The van der Waals surface area contributed by atoms with Crippen molar-refractivity contribution in [2.24, 2.45) is 0 Å². The molecule has 1 amide bonds. The number of benzene rings is 2. The van der Waals surface area contributed by atoms with Crippen molar-refractivity contribution in [1.82, 2.24) is 14.4 Å². The van der Waals surface area contributed by atoms with Crippen LogP contribution in [-0.4, -0.2) is 44.4 Å². The fraction of sp³-hybridized carbons (Fsp3) is 0.212. The van der Waals surface area contributed by atoms with Gasteiger partial charge in [0.1, 0.15) is 17.9 Å². The summed E-state index contributed by atoms with van der Waals surface area (Å²) in [6.45, 7) is 11.9. The average molecular weight is 595 g/mol. The molecule has 5 aromatic rings. The van der Waals surface area contributed by atoms with Crippen LogP contribution in [0.2, 0.25) is 0 Å². The number of aliphatic hydroxyl groups excluding tert-OH is 1. The third-order valence-corrected chi connectivity index (χ3v) is 8.45. The smallest absolute Gasteiger partial charge is 0.301 e. The summed E-state index contributed by atoms with van der Waals surface area (Å²) in [5, 5.41) is 12.2. The van der Waals surface area contributed by atoms with Crippen LogP contribution < -0.4 is 14.4 Å². The molecule has 1 aliphatic rings. The number of ketones is 1. The number of carbonyl (C=O) groups is 2. The summed E-state index contributed by atoms with van der Waals surface area (Å²) >= 11 is 1.31. The van der Waals surface area contributed by atoms with Gasteiger partial charge in [0.15, 0.2) is 22.4 Å². The number of fused-ring (bicyclic) bond motifs is 2. The van der Waals surface area contributed by atoms with E-state index in [4.69, 9.17) is 14.5 Å². The number of ether oxygens (including phenoxy) is 2. The SMILES string of the molecule is C=CCOc1ccc(C2/C(=C(\O)c3nc4c(C)cccn4c3C)C(=O)C(=O)N2c2nc3ccc(C)cc3s2)cc1OCC. The highest BCUT2D eigenvalue weighted by molar-refractivity contribution is 7.22. The summed E-state index contributed by atoms with van der Waals surface area (Å²) < 4.78 is 14.4. The molecule has 0 spiro atoms. The highest BCUT2D eigenvalue weighted by Crippen LogP contribution is 2.46. The highest BCUT2D eigenvalue weighted by Gasteiger charge is 2.49. The topological polar surface area (TPSA) is 106 Å². The summed E-state index contributed by atoms with van der Waals surface area (Å²) in [4.78, 5) is 38.4. The zero-order chi connectivity index (χ0) is 30.4. The lowest BCUT2D eigenvalue weighted by Crippen LogP contribution is -2.29. The molecule has 0 aliphatic carbocycles. The summed E-state index contributed by atoms with van der Waals surface area (Å²) in [6.07, 6.45) is 3.48. The van der Waals surface area contributed by atoms with Gasteiger partial charge in [-0.25, -0.2) is 9.97 Å². The van der Waals surface area contributed by atoms with Crippen molar-refractivity contribution in [3.05, 3.63) is 101 Å². The summed E-state index contributed by atoms with van der Waals surface area (Å²) in [5.74, 6) is -1.04. The number of nitrogens with zero attached hydrogens (tertiary/aromatic N) is 4. The van der Waals surface area contributed by atoms with Gasteiger partial charge in [0.05, 0.1) is 34.1 Å². The van der Waals surface area contributed by atoms with Crippen molar-refractivity contribution in [1.29, 1.82) is 0 Å². The van der Waals surface area contributed by atoms with E-state index in [0.29, 0.717) is 45.7 Å². The number of carbonyl (C=O) groups excluding carboxylic acids is 2. The highest BCUT2D eigenvalue weighted by atomic mass is 32.1. The van der Waals surface area contributed by atoms with Crippen LogP contribution in [0.3, 0.4) is 0 Å². The Labute approximate surface area is 252 Å². The van der Waals surface area contributed by atoms with Gasteiger partial charge in [0.2, 0.25) is 0 Å². The van der Waals surface area contributed by atoms with Crippen LogP contribution in [0.15, 0.2) is 73.0 Å². The molecule has 1 fully saturated rings. The molecule has 1 atom stereocenters. The number of rotatable bonds is 8. The first-order valence-electron chi connectivity index (χ1n) is 13.9. The summed E-state index contributed by atoms with van der Waals surface area (Å²) in [7, 11) is 0. The van der Waals surface area contributed by atoms with Crippen molar-refractivity contribution in [3.63, 3.8) is 0 Å². The van der Waals surface area contributed by atoms with Gasteiger partial charge in [0.25, 0.3) is 5.78 Å². The van der Waals surface area contributed by atoms with E-state index in [1.165, 1.54) is 16.2 Å². The predicted molar refractivity (Wildman–Crippen MR) is 167 cm³/mol. The lowest BCUT2D eigenvalue weighted by Gasteiger charge is -2.24. The molecule has 1 aliphatic heterocycles. The first-order valence-corrected chi connectivity index (χ1v) is 14.7. The Hall–Kier alpha value is -4.96. The number of aryl methyl sites for hydroxylation is 3. The van der Waals surface area contributed by atoms with E-state index < -0.39 is 17.7 Å². The van der Waals surface area contributed by atoms with Crippen LogP contribution in [0.5, 0.6) is 11.5 Å². The van der Waals surface area contributed by atoms with Gasteiger partial charge in [-0.15, -0.1) is 0 Å². The van der Waals surface area contributed by atoms with E-state index in [1.807, 2.05) is 68.6 Å². The zero-order valence-electron chi connectivity index (χ0n) is 24.2. The fourth-order valence-electron chi connectivity index (χ4n) is 5.37. The lowest BCUT2D eigenvalue weighted by atomic mass is 9.96. The molecule has 1 N–H and O–H groups in total. The molecule has 1 unspecified atom stereocenters. The standard InChI is InChI=1S/C33H30N4O5S/c1-6-15-42-23-13-11-21(17-24(23)41-7-2)28-26(29(38)27-20(5)36-14-8-9-19(4)31(36)35-27)30(39)32(40)37(28)33-34-22-12-10-18(3)16-25(22)43-33/h6,8-14,16-17,28,38H,1,7,15H2,2-5H3/b29-26+. The molecule has 43 heavy (non-hydrogen) atoms. The molecule has 0 radical (unpaired) electrons.